The van der Waals surface area contributed by atoms with E-state index in [1.165, 1.54) is 0 Å². The monoisotopic (exact) mass is 1560 g/mol. The molecule has 630 valence electrons. The zero-order valence-corrected chi connectivity index (χ0v) is 78.9. The summed E-state index contributed by atoms with van der Waals surface area (Å²) in [6.45, 7) is 86.5. The molecule has 0 saturated carbocycles. The topological polar surface area (TPSA) is 182 Å². The van der Waals surface area contributed by atoms with Crippen LogP contribution < -0.4 is 0 Å². The molecule has 1 saturated heterocycles. The normalized spacial score (nSPS) is 18.1. The number of phenolic OH excluding ortho intramolecular Hbond substituents is 6. The summed E-state index contributed by atoms with van der Waals surface area (Å²) < 4.78 is 0. The van der Waals surface area contributed by atoms with E-state index >= 15 is 14.4 Å². The number of carbonyl (C=O) groups is 3. The van der Waals surface area contributed by atoms with Crippen LogP contribution in [0.2, 0.25) is 0 Å². The first kappa shape index (κ1) is 93.7. The van der Waals surface area contributed by atoms with E-state index in [-0.39, 0.29) is 34.5 Å². The lowest BCUT2D eigenvalue weighted by atomic mass is 9.74. The van der Waals surface area contributed by atoms with Crippen molar-refractivity contribution in [1.29, 1.82) is 0 Å². The largest absolute Gasteiger partial charge is 0.507 e. The highest BCUT2D eigenvalue weighted by Gasteiger charge is 2.59. The zero-order valence-electron chi connectivity index (χ0n) is 78.9. The third-order valence-corrected chi connectivity index (χ3v) is 24.5. The molecule has 1 aliphatic heterocycles. The maximum Gasteiger partial charge on any atom is 0.233 e. The van der Waals surface area contributed by atoms with Crippen LogP contribution in [-0.2, 0) is 79.4 Å². The standard InChI is InChI=1S/C102H153N3O9/c1-55(61-43-67(91(7,8)9)79(106)68(44-61)92(10,11)12)85-103(88(112)58(4)64-49-73(97(25,26)27)82(109)74(50-64)98(28,29)30)86(56(2)62-45-69(93(13,14)15)80(107)70(46-62)94(16,17)18)105(90(114)60(6)66-53-77(101(37,38)39)84(111)78(54-66)102(40,41)42)87(57(3)63-47-71(95(19,20)21)81(108)72(48-63)96(22,23)24)104(85)89(113)59(5)65-51-75(99(31,32)33)83(110)76(52-65)100(34,35)36/h43-60,85-87,106-111H,1-42H3. The fourth-order valence-corrected chi connectivity index (χ4v) is 17.1. The maximum atomic E-state index is 18.6. The van der Waals surface area contributed by atoms with E-state index in [9.17, 15) is 30.6 Å². The molecule has 6 aromatic rings. The molecule has 0 bridgehead atoms. The van der Waals surface area contributed by atoms with Gasteiger partial charge in [0.15, 0.2) is 0 Å². The molecule has 6 N–H and O–H groups in total. The van der Waals surface area contributed by atoms with Gasteiger partial charge in [-0.3, -0.25) is 29.1 Å². The number of amides is 3. The van der Waals surface area contributed by atoms with Gasteiger partial charge in [0, 0.05) is 17.8 Å². The summed E-state index contributed by atoms with van der Waals surface area (Å²) in [5, 5.41) is 76.4. The first-order valence-electron chi connectivity index (χ1n) is 42.2. The van der Waals surface area contributed by atoms with E-state index in [1.807, 2.05) is 71.9 Å². The van der Waals surface area contributed by atoms with E-state index in [0.29, 0.717) is 83.5 Å². The van der Waals surface area contributed by atoms with Crippen LogP contribution >= 0.6 is 0 Å². The highest BCUT2D eigenvalue weighted by molar-refractivity contribution is 5.91. The Morgan fingerprint density at radius 3 is 0.404 bits per heavy atom. The maximum absolute atomic E-state index is 18.6. The lowest BCUT2D eigenvalue weighted by Gasteiger charge is -2.62. The molecule has 0 aliphatic carbocycles. The van der Waals surface area contributed by atoms with Crippen molar-refractivity contribution in [3.05, 3.63) is 173 Å². The molecule has 6 atom stereocenters. The highest BCUT2D eigenvalue weighted by Crippen LogP contribution is 2.55. The number of benzene rings is 6. The summed E-state index contributed by atoms with van der Waals surface area (Å²) >= 11 is 0. The smallest absolute Gasteiger partial charge is 0.233 e. The molecule has 1 aliphatic rings. The first-order valence-corrected chi connectivity index (χ1v) is 42.2. The molecular weight excluding hydrogens is 1410 g/mol. The third kappa shape index (κ3) is 18.7. The van der Waals surface area contributed by atoms with Crippen molar-refractivity contribution in [3.63, 3.8) is 0 Å². The molecule has 3 amide bonds. The number of hydrogen-bond donors (Lipinski definition) is 6. The second-order valence-corrected chi connectivity index (χ2v) is 46.8. The van der Waals surface area contributed by atoms with Crippen LogP contribution in [-0.4, -0.2) is 81.6 Å². The van der Waals surface area contributed by atoms with Gasteiger partial charge in [-0.1, -0.05) is 343 Å². The van der Waals surface area contributed by atoms with Crippen LogP contribution in [0.25, 0.3) is 0 Å². The fourth-order valence-electron chi connectivity index (χ4n) is 17.1. The van der Waals surface area contributed by atoms with Crippen LogP contribution in [0, 0.1) is 0 Å². The lowest BCUT2D eigenvalue weighted by Crippen LogP contribution is -2.77. The van der Waals surface area contributed by atoms with E-state index in [2.05, 4.69) is 306 Å². The van der Waals surface area contributed by atoms with E-state index in [1.54, 1.807) is 0 Å². The van der Waals surface area contributed by atoms with Gasteiger partial charge >= 0.3 is 0 Å². The molecule has 6 aromatic carbocycles. The quantitative estimate of drug-likeness (QED) is 0.0695. The van der Waals surface area contributed by atoms with E-state index < -0.39 is 137 Å². The molecule has 0 aromatic heterocycles. The third-order valence-electron chi connectivity index (χ3n) is 24.5. The Bertz CT molecular complexity index is 3930. The number of nitrogens with zero attached hydrogens (tertiary/aromatic N) is 3. The Balaban J connectivity index is 1.96. The van der Waals surface area contributed by atoms with Gasteiger partial charge in [0.05, 0.1) is 17.8 Å². The van der Waals surface area contributed by atoms with Crippen molar-refractivity contribution >= 4 is 17.7 Å². The average molecular weight is 1570 g/mol. The summed E-state index contributed by atoms with van der Waals surface area (Å²) in [5.41, 5.74) is 4.42. The number of carbonyl (C=O) groups excluding carboxylic acids is 3. The van der Waals surface area contributed by atoms with Crippen LogP contribution in [0.15, 0.2) is 72.8 Å². The minimum absolute atomic E-state index is 0.145. The molecule has 1 heterocycles. The second kappa shape index (κ2) is 30.8. The minimum atomic E-state index is -1.32. The van der Waals surface area contributed by atoms with Crippen molar-refractivity contribution in [2.45, 2.75) is 410 Å². The Morgan fingerprint density at radius 2 is 0.307 bits per heavy atom. The van der Waals surface area contributed by atoms with Gasteiger partial charge in [0.1, 0.15) is 53.0 Å². The average Bonchev–Trinajstić information content (AvgIpc) is 0.705. The first-order chi connectivity index (χ1) is 50.9. The predicted octanol–water partition coefficient (Wildman–Crippen LogP) is 25.1. The summed E-state index contributed by atoms with van der Waals surface area (Å²) in [4.78, 5) is 61.6. The van der Waals surface area contributed by atoms with Crippen LogP contribution in [0.5, 0.6) is 34.5 Å². The molecule has 12 heteroatoms. The Kier molecular flexibility index (Phi) is 25.3. The summed E-state index contributed by atoms with van der Waals surface area (Å²) in [7, 11) is 0. The van der Waals surface area contributed by atoms with Crippen LogP contribution in [0.3, 0.4) is 0 Å². The van der Waals surface area contributed by atoms with Gasteiger partial charge in [0.2, 0.25) is 17.7 Å². The Morgan fingerprint density at radius 1 is 0.211 bits per heavy atom. The van der Waals surface area contributed by atoms with Gasteiger partial charge in [-0.2, -0.15) is 0 Å². The number of rotatable bonds is 12. The van der Waals surface area contributed by atoms with Gasteiger partial charge in [-0.25, -0.2) is 0 Å². The molecule has 6 unspecified atom stereocenters. The molecule has 7 rings (SSSR count). The summed E-state index contributed by atoms with van der Waals surface area (Å²) in [6, 6.07) is 24.1. The van der Waals surface area contributed by atoms with Crippen molar-refractivity contribution in [1.82, 2.24) is 14.7 Å². The molecule has 0 spiro atoms. The fraction of sp³-hybridized carbons (Fsp3) is 0.618. The molecule has 1 fully saturated rings. The number of aromatic hydroxyl groups is 6. The molecule has 12 nitrogen and oxygen atoms in total. The Labute approximate surface area is 690 Å². The van der Waals surface area contributed by atoms with Crippen molar-refractivity contribution in [2.75, 3.05) is 0 Å². The van der Waals surface area contributed by atoms with Gasteiger partial charge in [-0.05, 0) is 186 Å². The predicted molar refractivity (Wildman–Crippen MR) is 475 cm³/mol. The van der Waals surface area contributed by atoms with E-state index in [4.69, 9.17) is 0 Å². The van der Waals surface area contributed by atoms with Gasteiger partial charge in [0.25, 0.3) is 0 Å². The Hall–Kier alpha value is -7.47. The van der Waals surface area contributed by atoms with Crippen LogP contribution in [0.1, 0.15) is 426 Å². The van der Waals surface area contributed by atoms with Crippen molar-refractivity contribution in [3.8, 4) is 34.5 Å². The lowest BCUT2D eigenvalue weighted by molar-refractivity contribution is -0.206. The summed E-state index contributed by atoms with van der Waals surface area (Å²) in [5.74, 6) is -6.09. The molecular formula is C102H153N3O9. The number of hydrogen-bond acceptors (Lipinski definition) is 9. The van der Waals surface area contributed by atoms with E-state index in [0.717, 1.165) is 16.7 Å². The molecule has 0 radical (unpaired) electrons. The SMILES string of the molecule is CC(C(=O)N1C(C(C)c2cc(C(C)(C)C)c(O)c(C(C)(C)C)c2)N(C(=O)C(C)c2cc(C(C)(C)C)c(O)c(C(C)(C)C)c2)C(C(C)c2cc(C(C)(C)C)c(O)c(C(C)(C)C)c2)N(C(=O)C(C)c2cc(C(C)(C)C)c(O)c(C(C)(C)C)c2)C1C(C)c1cc(C(C)(C)C)c(O)c(C(C)(C)C)c1)c1cc(C(C)(C)C)c(O)c(C(C)(C)C)c1. The van der Waals surface area contributed by atoms with Gasteiger partial charge < -0.3 is 30.6 Å². The zero-order chi connectivity index (χ0) is 88.0. The molecule has 114 heavy (non-hydrogen) atoms. The van der Waals surface area contributed by atoms with Crippen molar-refractivity contribution < 1.29 is 45.0 Å². The van der Waals surface area contributed by atoms with Crippen LogP contribution in [0.4, 0.5) is 0 Å². The minimum Gasteiger partial charge on any atom is -0.507 e. The van der Waals surface area contributed by atoms with Gasteiger partial charge in [-0.15, -0.1) is 0 Å². The second-order valence-electron chi connectivity index (χ2n) is 46.8. The van der Waals surface area contributed by atoms with Crippen molar-refractivity contribution in [2.24, 2.45) is 0 Å². The highest BCUT2D eigenvalue weighted by atomic mass is 16.3. The summed E-state index contributed by atoms with van der Waals surface area (Å²) in [6.07, 6.45) is -3.96. The number of phenols is 6.